The SMILES string of the molecule is COC(=O)c1cc(=O)c2c(Cl)c(Cl)cc(Cl)c2[nH]1. The van der Waals surface area contributed by atoms with Gasteiger partial charge in [-0.05, 0) is 6.07 Å². The molecule has 94 valence electrons. The first-order valence-corrected chi connectivity index (χ1v) is 5.88. The van der Waals surface area contributed by atoms with Crippen molar-refractivity contribution in [3.8, 4) is 0 Å². The van der Waals surface area contributed by atoms with E-state index in [0.29, 0.717) is 0 Å². The summed E-state index contributed by atoms with van der Waals surface area (Å²) in [6, 6.07) is 2.48. The summed E-state index contributed by atoms with van der Waals surface area (Å²) in [7, 11) is 1.21. The van der Waals surface area contributed by atoms with E-state index in [1.165, 1.54) is 13.2 Å². The fourth-order valence-electron chi connectivity index (χ4n) is 1.54. The number of pyridine rings is 1. The van der Waals surface area contributed by atoms with Gasteiger partial charge in [-0.25, -0.2) is 4.79 Å². The van der Waals surface area contributed by atoms with Gasteiger partial charge in [-0.2, -0.15) is 0 Å². The zero-order valence-electron chi connectivity index (χ0n) is 9.01. The van der Waals surface area contributed by atoms with Crippen molar-refractivity contribution in [2.45, 2.75) is 0 Å². The Kier molecular flexibility index (Phi) is 3.52. The molecule has 4 nitrogen and oxygen atoms in total. The van der Waals surface area contributed by atoms with Gasteiger partial charge in [0.1, 0.15) is 5.69 Å². The Labute approximate surface area is 116 Å². The van der Waals surface area contributed by atoms with Crippen molar-refractivity contribution in [1.29, 1.82) is 0 Å². The lowest BCUT2D eigenvalue weighted by molar-refractivity contribution is 0.0594. The molecular formula is C11H6Cl3NO3. The number of hydrogen-bond donors (Lipinski definition) is 1. The van der Waals surface area contributed by atoms with Crippen molar-refractivity contribution in [1.82, 2.24) is 4.98 Å². The highest BCUT2D eigenvalue weighted by molar-refractivity contribution is 6.47. The zero-order valence-corrected chi connectivity index (χ0v) is 11.3. The maximum atomic E-state index is 11.9. The third-order valence-corrected chi connectivity index (χ3v) is 3.44. The first kappa shape index (κ1) is 13.2. The predicted molar refractivity (Wildman–Crippen MR) is 70.9 cm³/mol. The van der Waals surface area contributed by atoms with Gasteiger partial charge in [-0.15, -0.1) is 0 Å². The Bertz CT molecular complexity index is 709. The second-order valence-corrected chi connectivity index (χ2v) is 4.64. The number of esters is 1. The van der Waals surface area contributed by atoms with Crippen molar-refractivity contribution in [3.05, 3.63) is 43.1 Å². The van der Waals surface area contributed by atoms with Crippen LogP contribution in [0, 0.1) is 0 Å². The number of H-pyrrole nitrogens is 1. The summed E-state index contributed by atoms with van der Waals surface area (Å²) in [6.07, 6.45) is 0. The number of rotatable bonds is 1. The van der Waals surface area contributed by atoms with Crippen LogP contribution in [0.25, 0.3) is 10.9 Å². The van der Waals surface area contributed by atoms with E-state index in [0.717, 1.165) is 6.07 Å². The van der Waals surface area contributed by atoms with Gasteiger partial charge in [0.05, 0.1) is 33.1 Å². The van der Waals surface area contributed by atoms with Gasteiger partial charge in [0, 0.05) is 6.07 Å². The van der Waals surface area contributed by atoms with Crippen LogP contribution >= 0.6 is 34.8 Å². The molecule has 2 rings (SSSR count). The van der Waals surface area contributed by atoms with Gasteiger partial charge >= 0.3 is 5.97 Å². The fraction of sp³-hybridized carbons (Fsp3) is 0.0909. The number of methoxy groups -OCH3 is 1. The maximum Gasteiger partial charge on any atom is 0.354 e. The molecular weight excluding hydrogens is 300 g/mol. The molecule has 1 heterocycles. The van der Waals surface area contributed by atoms with Crippen LogP contribution in [0.3, 0.4) is 0 Å². The maximum absolute atomic E-state index is 11.9. The van der Waals surface area contributed by atoms with E-state index >= 15 is 0 Å². The van der Waals surface area contributed by atoms with Crippen molar-refractivity contribution < 1.29 is 9.53 Å². The molecule has 7 heteroatoms. The molecule has 0 amide bonds. The number of ether oxygens (including phenoxy) is 1. The molecule has 0 unspecified atom stereocenters. The Morgan fingerprint density at radius 2 is 1.89 bits per heavy atom. The van der Waals surface area contributed by atoms with Gasteiger partial charge in [0.25, 0.3) is 0 Å². The lowest BCUT2D eigenvalue weighted by atomic mass is 10.2. The molecule has 0 bridgehead atoms. The highest BCUT2D eigenvalue weighted by atomic mass is 35.5. The average molecular weight is 307 g/mol. The fourth-order valence-corrected chi connectivity index (χ4v) is 2.30. The van der Waals surface area contributed by atoms with E-state index in [1.54, 1.807) is 0 Å². The Hall–Kier alpha value is -1.23. The van der Waals surface area contributed by atoms with Crippen LogP contribution in [0.5, 0.6) is 0 Å². The summed E-state index contributed by atoms with van der Waals surface area (Å²) in [5.74, 6) is -0.670. The summed E-state index contributed by atoms with van der Waals surface area (Å²) in [6.45, 7) is 0. The minimum atomic E-state index is -0.670. The van der Waals surface area contributed by atoms with Crippen molar-refractivity contribution in [3.63, 3.8) is 0 Å². The first-order chi connectivity index (χ1) is 8.45. The number of carbonyl (C=O) groups is 1. The average Bonchev–Trinajstić information content (AvgIpc) is 2.34. The number of aromatic nitrogens is 1. The number of fused-ring (bicyclic) bond motifs is 1. The van der Waals surface area contributed by atoms with Crippen molar-refractivity contribution in [2.24, 2.45) is 0 Å². The first-order valence-electron chi connectivity index (χ1n) is 4.74. The molecule has 18 heavy (non-hydrogen) atoms. The van der Waals surface area contributed by atoms with Crippen LogP contribution in [0.1, 0.15) is 10.5 Å². The third-order valence-electron chi connectivity index (χ3n) is 2.36. The second kappa shape index (κ2) is 4.80. The molecule has 0 atom stereocenters. The van der Waals surface area contributed by atoms with Gasteiger partial charge in [-0.3, -0.25) is 4.79 Å². The topological polar surface area (TPSA) is 59.2 Å². The minimum Gasteiger partial charge on any atom is -0.464 e. The van der Waals surface area contributed by atoms with Crippen molar-refractivity contribution >= 4 is 51.7 Å². The summed E-state index contributed by atoms with van der Waals surface area (Å²) in [5.41, 5.74) is -0.215. The summed E-state index contributed by atoms with van der Waals surface area (Å²) in [5, 5.41) is 0.600. The molecule has 0 saturated carbocycles. The molecule has 0 aliphatic heterocycles. The Balaban J connectivity index is 2.91. The van der Waals surface area contributed by atoms with E-state index < -0.39 is 11.4 Å². The highest BCUT2D eigenvalue weighted by Gasteiger charge is 2.16. The molecule has 1 aromatic heterocycles. The van der Waals surface area contributed by atoms with E-state index in [9.17, 15) is 9.59 Å². The normalized spacial score (nSPS) is 10.7. The number of benzene rings is 1. The molecule has 0 aliphatic carbocycles. The summed E-state index contributed by atoms with van der Waals surface area (Å²) < 4.78 is 4.52. The van der Waals surface area contributed by atoms with Crippen LogP contribution < -0.4 is 5.43 Å². The van der Waals surface area contributed by atoms with Crippen LogP contribution in [-0.4, -0.2) is 18.1 Å². The molecule has 1 aromatic carbocycles. The van der Waals surface area contributed by atoms with E-state index in [4.69, 9.17) is 34.8 Å². The highest BCUT2D eigenvalue weighted by Crippen LogP contribution is 2.33. The van der Waals surface area contributed by atoms with Gasteiger partial charge in [0.2, 0.25) is 0 Å². The molecule has 2 aromatic rings. The third kappa shape index (κ3) is 2.07. The van der Waals surface area contributed by atoms with Gasteiger partial charge < -0.3 is 9.72 Å². The molecule has 0 fully saturated rings. The summed E-state index contributed by atoms with van der Waals surface area (Å²) >= 11 is 17.7. The standard InChI is InChI=1S/C11H6Cl3NO3/c1-18-11(17)6-3-7(16)8-9(14)4(12)2-5(13)10(8)15-6/h2-3H,1H3,(H,15,16). The van der Waals surface area contributed by atoms with Crippen LogP contribution in [0.4, 0.5) is 0 Å². The van der Waals surface area contributed by atoms with Crippen LogP contribution in [0.15, 0.2) is 16.9 Å². The lowest BCUT2D eigenvalue weighted by Crippen LogP contribution is -2.12. The lowest BCUT2D eigenvalue weighted by Gasteiger charge is -2.07. The largest absolute Gasteiger partial charge is 0.464 e. The predicted octanol–water partition coefficient (Wildman–Crippen LogP) is 3.27. The molecule has 0 aliphatic rings. The monoisotopic (exact) mass is 305 g/mol. The quantitative estimate of drug-likeness (QED) is 0.650. The zero-order chi connectivity index (χ0) is 13.4. The second-order valence-electron chi connectivity index (χ2n) is 3.44. The number of halogens is 3. The smallest absolute Gasteiger partial charge is 0.354 e. The number of aromatic amines is 1. The van der Waals surface area contributed by atoms with Crippen LogP contribution in [0.2, 0.25) is 15.1 Å². The number of hydrogen-bond acceptors (Lipinski definition) is 3. The van der Waals surface area contributed by atoms with E-state index in [2.05, 4.69) is 9.72 Å². The Morgan fingerprint density at radius 3 is 2.50 bits per heavy atom. The van der Waals surface area contributed by atoms with Crippen molar-refractivity contribution in [2.75, 3.05) is 7.11 Å². The number of nitrogens with one attached hydrogen (secondary N) is 1. The molecule has 1 N–H and O–H groups in total. The number of carbonyl (C=O) groups excluding carboxylic acids is 1. The van der Waals surface area contributed by atoms with E-state index in [-0.39, 0.29) is 31.7 Å². The van der Waals surface area contributed by atoms with E-state index in [1.807, 2.05) is 0 Å². The molecule has 0 saturated heterocycles. The molecule has 0 spiro atoms. The molecule has 0 radical (unpaired) electrons. The minimum absolute atomic E-state index is 0.00436. The Morgan fingerprint density at radius 1 is 1.22 bits per heavy atom. The summed E-state index contributed by atoms with van der Waals surface area (Å²) in [4.78, 5) is 26.0. The van der Waals surface area contributed by atoms with Gasteiger partial charge in [-0.1, -0.05) is 34.8 Å². The van der Waals surface area contributed by atoms with Crippen LogP contribution in [-0.2, 0) is 4.74 Å². The van der Waals surface area contributed by atoms with Gasteiger partial charge in [0.15, 0.2) is 5.43 Å².